The van der Waals surface area contributed by atoms with Crippen molar-refractivity contribution in [1.82, 2.24) is 24.9 Å². The summed E-state index contributed by atoms with van der Waals surface area (Å²) >= 11 is 0. The Balaban J connectivity index is 1.46. The third-order valence-electron chi connectivity index (χ3n) is 6.47. The number of carbonyl (C=O) groups excluding carboxylic acids is 1. The normalized spacial score (nSPS) is 24.5. The van der Waals surface area contributed by atoms with Crippen molar-refractivity contribution in [1.29, 1.82) is 0 Å². The van der Waals surface area contributed by atoms with E-state index < -0.39 is 23.3 Å². The molecule has 1 aliphatic carbocycles. The van der Waals surface area contributed by atoms with Crippen LogP contribution in [0.3, 0.4) is 0 Å². The lowest BCUT2D eigenvalue weighted by atomic mass is 9.64. The summed E-state index contributed by atoms with van der Waals surface area (Å²) in [6.07, 6.45) is -0.739. The van der Waals surface area contributed by atoms with Crippen molar-refractivity contribution in [2.45, 2.75) is 50.9 Å². The monoisotopic (exact) mass is 460 g/mol. The van der Waals surface area contributed by atoms with E-state index in [1.807, 2.05) is 0 Å². The van der Waals surface area contributed by atoms with Gasteiger partial charge in [0.05, 0.1) is 11.3 Å². The minimum absolute atomic E-state index is 0.00525. The first-order valence-electron chi connectivity index (χ1n) is 10.7. The minimum atomic E-state index is -4.56. The number of likely N-dealkylation sites (tertiary alicyclic amines) is 1. The summed E-state index contributed by atoms with van der Waals surface area (Å²) < 4.78 is 47.9. The maximum Gasteiger partial charge on any atom is 0.417 e. The lowest BCUT2D eigenvalue weighted by Crippen LogP contribution is -2.70. The Hall–Kier alpha value is -3.37. The number of hydrogen-bond acceptors (Lipinski definition) is 5. The number of hydrogen-bond donors (Lipinski definition) is 1. The number of rotatable bonds is 3. The molecule has 3 atom stereocenters. The predicted molar refractivity (Wildman–Crippen MR) is 112 cm³/mol. The van der Waals surface area contributed by atoms with Crippen molar-refractivity contribution in [3.8, 4) is 11.3 Å². The van der Waals surface area contributed by atoms with E-state index in [2.05, 4.69) is 27.5 Å². The quantitative estimate of drug-likeness (QED) is 0.611. The average molecular weight is 460 g/mol. The summed E-state index contributed by atoms with van der Waals surface area (Å²) in [7, 11) is 1.63. The van der Waals surface area contributed by atoms with Crippen LogP contribution in [0.5, 0.6) is 0 Å². The average Bonchev–Trinajstić information content (AvgIpc) is 3.35. The molecule has 174 valence electrons. The molecule has 11 heteroatoms. The van der Waals surface area contributed by atoms with E-state index in [0.29, 0.717) is 24.1 Å². The highest BCUT2D eigenvalue weighted by Crippen LogP contribution is 2.55. The Labute approximate surface area is 187 Å². The molecular formula is C22H23F3N6O2. The smallest absolute Gasteiger partial charge is 0.417 e. The summed E-state index contributed by atoms with van der Waals surface area (Å²) in [5, 5.41) is 15.0. The number of carbonyl (C=O) groups is 1. The van der Waals surface area contributed by atoms with Gasteiger partial charge in [-0.25, -0.2) is 4.79 Å². The summed E-state index contributed by atoms with van der Waals surface area (Å²) in [6.45, 7) is 3.82. The van der Waals surface area contributed by atoms with Crippen LogP contribution in [0, 0.1) is 12.8 Å². The minimum Gasteiger partial charge on any atom is -0.423 e. The van der Waals surface area contributed by atoms with Crippen LogP contribution in [-0.4, -0.2) is 37.0 Å². The highest BCUT2D eigenvalue weighted by molar-refractivity contribution is 5.92. The Morgan fingerprint density at radius 3 is 2.67 bits per heavy atom. The fraction of sp³-hybridized carbons (Fsp3) is 0.455. The van der Waals surface area contributed by atoms with Gasteiger partial charge < -0.3 is 14.6 Å². The number of alkyl halides is 3. The topological polar surface area (TPSA) is 89.1 Å². The van der Waals surface area contributed by atoms with E-state index in [1.165, 1.54) is 22.9 Å². The number of fused-ring (bicyclic) bond motifs is 2. The SMILES string of the molecule is Cc1nnc(C23CC(C)CC(C2)N3C(=O)Nc2ccc(C(F)(F)F)c(-c3ccn(C)n3)c2)o1. The maximum atomic E-state index is 13.6. The molecule has 1 saturated heterocycles. The number of nitrogens with one attached hydrogen (secondary N) is 1. The van der Waals surface area contributed by atoms with Crippen molar-refractivity contribution < 1.29 is 22.4 Å². The van der Waals surface area contributed by atoms with Crippen LogP contribution in [0.15, 0.2) is 34.9 Å². The van der Waals surface area contributed by atoms with Crippen LogP contribution in [0.1, 0.15) is 43.5 Å². The summed E-state index contributed by atoms with van der Waals surface area (Å²) in [5.41, 5.74) is -1.17. The first-order chi connectivity index (χ1) is 15.6. The Morgan fingerprint density at radius 2 is 2.03 bits per heavy atom. The number of halogens is 3. The largest absolute Gasteiger partial charge is 0.423 e. The molecule has 3 aromatic rings. The Kier molecular flexibility index (Phi) is 4.77. The first kappa shape index (κ1) is 21.5. The number of piperidine rings is 1. The third-order valence-corrected chi connectivity index (χ3v) is 6.47. The molecule has 0 radical (unpaired) electrons. The van der Waals surface area contributed by atoms with Crippen LogP contribution in [0.4, 0.5) is 23.7 Å². The second-order valence-corrected chi connectivity index (χ2v) is 8.99. The molecule has 2 fully saturated rings. The number of aromatic nitrogens is 4. The van der Waals surface area contributed by atoms with E-state index in [1.54, 1.807) is 25.1 Å². The zero-order valence-corrected chi connectivity index (χ0v) is 18.3. The zero-order chi connectivity index (χ0) is 23.5. The van der Waals surface area contributed by atoms with Gasteiger partial charge in [0.15, 0.2) is 0 Å². The molecule has 1 N–H and O–H groups in total. The summed E-state index contributed by atoms with van der Waals surface area (Å²) in [6, 6.07) is 4.64. The standard InChI is InChI=1S/C22H23F3N6O2/c1-12-8-15-11-21(10-12,19-28-27-13(2)33-19)31(15)20(32)26-14-4-5-17(22(23,24)25)16(9-14)18-6-7-30(3)29-18/h4-7,9,12,15H,8,10-11H2,1-3H3,(H,26,32). The molecule has 1 aromatic carbocycles. The molecule has 3 heterocycles. The molecule has 2 amide bonds. The van der Waals surface area contributed by atoms with Gasteiger partial charge in [0.1, 0.15) is 5.54 Å². The molecular weight excluding hydrogens is 437 g/mol. The number of anilines is 1. The van der Waals surface area contributed by atoms with E-state index in [4.69, 9.17) is 4.42 Å². The number of urea groups is 1. The lowest BCUT2D eigenvalue weighted by Gasteiger charge is -2.61. The predicted octanol–water partition coefficient (Wildman–Crippen LogP) is 4.73. The zero-order valence-electron chi connectivity index (χ0n) is 18.3. The molecule has 1 saturated carbocycles. The van der Waals surface area contributed by atoms with Crippen LogP contribution in [0.2, 0.25) is 0 Å². The van der Waals surface area contributed by atoms with Crippen molar-refractivity contribution in [2.24, 2.45) is 13.0 Å². The van der Waals surface area contributed by atoms with Gasteiger partial charge in [-0.15, -0.1) is 10.2 Å². The molecule has 5 rings (SSSR count). The highest BCUT2D eigenvalue weighted by atomic mass is 19.4. The summed E-state index contributed by atoms with van der Waals surface area (Å²) in [4.78, 5) is 15.0. The Bertz CT molecular complexity index is 1220. The van der Waals surface area contributed by atoms with Crippen molar-refractivity contribution in [2.75, 3.05) is 5.32 Å². The van der Waals surface area contributed by atoms with Gasteiger partial charge in [-0.3, -0.25) is 4.68 Å². The number of nitrogens with zero attached hydrogens (tertiary/aromatic N) is 5. The van der Waals surface area contributed by atoms with Gasteiger partial charge in [-0.05, 0) is 43.0 Å². The maximum absolute atomic E-state index is 13.6. The van der Waals surface area contributed by atoms with Gasteiger partial charge >= 0.3 is 12.2 Å². The second-order valence-electron chi connectivity index (χ2n) is 8.99. The molecule has 2 aromatic heterocycles. The highest BCUT2D eigenvalue weighted by Gasteiger charge is 2.62. The molecule has 0 spiro atoms. The van der Waals surface area contributed by atoms with E-state index in [9.17, 15) is 18.0 Å². The van der Waals surface area contributed by atoms with Crippen LogP contribution in [-0.2, 0) is 18.8 Å². The van der Waals surface area contributed by atoms with Crippen LogP contribution < -0.4 is 5.32 Å². The molecule has 3 unspecified atom stereocenters. The number of aryl methyl sites for hydroxylation is 2. The third kappa shape index (κ3) is 3.55. The second kappa shape index (κ2) is 7.32. The molecule has 33 heavy (non-hydrogen) atoms. The van der Waals surface area contributed by atoms with Crippen molar-refractivity contribution >= 4 is 11.7 Å². The first-order valence-corrected chi connectivity index (χ1v) is 10.7. The van der Waals surface area contributed by atoms with Crippen LogP contribution >= 0.6 is 0 Å². The lowest BCUT2D eigenvalue weighted by molar-refractivity contribution is -0.137. The van der Waals surface area contributed by atoms with Crippen LogP contribution in [0.25, 0.3) is 11.3 Å². The molecule has 2 bridgehead atoms. The molecule has 8 nitrogen and oxygen atoms in total. The number of benzene rings is 1. The van der Waals surface area contributed by atoms with Gasteiger partial charge in [-0.2, -0.15) is 18.3 Å². The fourth-order valence-corrected chi connectivity index (χ4v) is 5.26. The fourth-order valence-electron chi connectivity index (χ4n) is 5.26. The molecule has 2 aliphatic rings. The van der Waals surface area contributed by atoms with Gasteiger partial charge in [0.25, 0.3) is 0 Å². The van der Waals surface area contributed by atoms with Gasteiger partial charge in [0, 0.05) is 43.9 Å². The van der Waals surface area contributed by atoms with E-state index >= 15 is 0 Å². The van der Waals surface area contributed by atoms with Crippen molar-refractivity contribution in [3.63, 3.8) is 0 Å². The summed E-state index contributed by atoms with van der Waals surface area (Å²) in [5.74, 6) is 1.20. The number of amides is 2. The Morgan fingerprint density at radius 1 is 1.24 bits per heavy atom. The van der Waals surface area contributed by atoms with Crippen molar-refractivity contribution in [3.05, 3.63) is 47.8 Å². The van der Waals surface area contributed by atoms with Gasteiger partial charge in [-0.1, -0.05) is 6.92 Å². The van der Waals surface area contributed by atoms with E-state index in [-0.39, 0.29) is 23.0 Å². The van der Waals surface area contributed by atoms with E-state index in [0.717, 1.165) is 18.9 Å². The van der Waals surface area contributed by atoms with Gasteiger partial charge in [0.2, 0.25) is 11.8 Å². The molecule has 1 aliphatic heterocycles.